The number of unbranched alkanes of at least 4 members (excludes halogenated alkanes) is 16. The average molecular weight is 1170 g/mol. The summed E-state index contributed by atoms with van der Waals surface area (Å²) in [5, 5.41) is 42.7. The minimum atomic E-state index is -0.908. The van der Waals surface area contributed by atoms with E-state index in [0.717, 1.165) is 77.0 Å². The molecular weight excluding hydrogens is 1080 g/mol. The molecule has 0 saturated carbocycles. The smallest absolute Gasteiger partial charge is 2.00 e. The van der Waals surface area contributed by atoms with Crippen LogP contribution in [0.25, 0.3) is 0 Å². The van der Waals surface area contributed by atoms with Gasteiger partial charge in [0.25, 0.3) is 0 Å². The summed E-state index contributed by atoms with van der Waals surface area (Å²) in [5.74, 6) is -2.23. The van der Waals surface area contributed by atoms with E-state index in [0.29, 0.717) is 48.7 Å². The van der Waals surface area contributed by atoms with E-state index in [1.165, 1.54) is 77.0 Å². The number of hydrogen-bond acceptors (Lipinski definition) is 12. The number of carbonyl (C=O) groups is 4. The average Bonchev–Trinajstić information content (AvgIpc) is 3.23. The van der Waals surface area contributed by atoms with Gasteiger partial charge in [-0.05, 0) is 98.0 Å². The second kappa shape index (κ2) is 67.8. The Morgan fingerprint density at radius 1 is 0.328 bits per heavy atom. The van der Waals surface area contributed by atoms with Crippen molar-refractivity contribution in [2.75, 3.05) is 23.0 Å². The van der Waals surface area contributed by atoms with Gasteiger partial charge in [-0.1, -0.05) is 156 Å². The van der Waals surface area contributed by atoms with Crippen molar-refractivity contribution in [1.29, 1.82) is 0 Å². The summed E-state index contributed by atoms with van der Waals surface area (Å²) in [6.45, 7) is 8.69. The van der Waals surface area contributed by atoms with E-state index >= 15 is 0 Å². The minimum absolute atomic E-state index is 0. The van der Waals surface area contributed by atoms with Crippen molar-refractivity contribution in [2.24, 2.45) is 23.7 Å². The SMILES string of the molecule is CCCCCCCC(CCS)C(=O)[O-].CCCCCCCC(CCS)C(=O)[O-].CCCCCCCC(CCS)C(=O)[O-].CCCCCCCC(CCS)C(=O)[O-].[CH3][Sn+3].[CH3][Sn+3].[S-2]. The molecule has 0 amide bonds. The third-order valence-electron chi connectivity index (χ3n) is 9.87. The maximum absolute atomic E-state index is 10.7. The third kappa shape index (κ3) is 65.6. The van der Waals surface area contributed by atoms with E-state index in [4.69, 9.17) is 0 Å². The quantitative estimate of drug-likeness (QED) is 0.0276. The van der Waals surface area contributed by atoms with Crippen LogP contribution < -0.4 is 20.4 Å². The van der Waals surface area contributed by atoms with Crippen LogP contribution in [0.5, 0.6) is 0 Å². The molecule has 0 heterocycles. The Labute approximate surface area is 432 Å². The summed E-state index contributed by atoms with van der Waals surface area (Å²) in [5.41, 5.74) is 0. The van der Waals surface area contributed by atoms with Crippen molar-refractivity contribution in [3.05, 3.63) is 0 Å². The molecule has 0 saturated heterocycles. The first-order chi connectivity index (χ1) is 28.9. The van der Waals surface area contributed by atoms with Crippen LogP contribution in [0.4, 0.5) is 0 Å². The van der Waals surface area contributed by atoms with Crippen LogP contribution >= 0.6 is 50.5 Å². The Morgan fingerprint density at radius 3 is 0.590 bits per heavy atom. The number of thiol groups is 4. The Kier molecular flexibility index (Phi) is 85.0. The number of hydrogen-bond donors (Lipinski definition) is 4. The number of rotatable bonds is 36. The Bertz CT molecular complexity index is 746. The van der Waals surface area contributed by atoms with Gasteiger partial charge >= 0.3 is 54.9 Å². The molecule has 0 aromatic carbocycles. The van der Waals surface area contributed by atoms with Gasteiger partial charge in [0.05, 0.1) is 0 Å². The first kappa shape index (κ1) is 76.5. The van der Waals surface area contributed by atoms with Crippen LogP contribution in [0.1, 0.15) is 207 Å². The molecule has 8 nitrogen and oxygen atoms in total. The topological polar surface area (TPSA) is 161 Å². The van der Waals surface area contributed by atoms with E-state index in [1.807, 2.05) is 0 Å². The van der Waals surface area contributed by atoms with Crippen LogP contribution in [0.15, 0.2) is 0 Å². The molecule has 0 aromatic rings. The predicted octanol–water partition coefficient (Wildman–Crippen LogP) is 8.54. The maximum atomic E-state index is 10.7. The number of carbonyl (C=O) groups excluding carboxylic acids is 4. The van der Waals surface area contributed by atoms with E-state index in [1.54, 1.807) is 45.0 Å². The van der Waals surface area contributed by atoms with E-state index in [9.17, 15) is 39.6 Å². The van der Waals surface area contributed by atoms with Crippen molar-refractivity contribution in [2.45, 2.75) is 217 Å². The van der Waals surface area contributed by atoms with Gasteiger partial charge in [-0.3, -0.25) is 0 Å². The fourth-order valence-electron chi connectivity index (χ4n) is 6.12. The summed E-state index contributed by atoms with van der Waals surface area (Å²) in [6.07, 6.45) is 29.0. The molecule has 0 fully saturated rings. The van der Waals surface area contributed by atoms with Crippen LogP contribution in [-0.2, 0) is 32.7 Å². The second-order valence-electron chi connectivity index (χ2n) is 14.9. The minimum Gasteiger partial charge on any atom is -2.00 e. The molecule has 0 aliphatic heterocycles. The van der Waals surface area contributed by atoms with Crippen molar-refractivity contribution >= 4 is 133 Å². The van der Waals surface area contributed by atoms with Crippen molar-refractivity contribution in [1.82, 2.24) is 0 Å². The van der Waals surface area contributed by atoms with Crippen molar-refractivity contribution in [3.63, 3.8) is 0 Å². The van der Waals surface area contributed by atoms with Crippen LogP contribution in [0.2, 0.25) is 9.88 Å². The van der Waals surface area contributed by atoms with Gasteiger partial charge in [0.1, 0.15) is 0 Å². The number of carboxylic acids is 4. The van der Waals surface area contributed by atoms with Gasteiger partial charge in [0.15, 0.2) is 0 Å². The first-order valence-electron chi connectivity index (χ1n) is 23.1. The first-order valence-corrected chi connectivity index (χ1v) is 31.4. The molecule has 0 radical (unpaired) electrons. The van der Waals surface area contributed by atoms with Crippen LogP contribution in [-0.4, -0.2) is 91.9 Å². The third-order valence-corrected chi connectivity index (χ3v) is 10.9. The van der Waals surface area contributed by atoms with Crippen molar-refractivity contribution < 1.29 is 39.6 Å². The summed E-state index contributed by atoms with van der Waals surface area (Å²) >= 11 is 19.3. The molecule has 4 atom stereocenters. The second-order valence-corrected chi connectivity index (χ2v) is 16.7. The normalized spacial score (nSPS) is 11.9. The molecule has 0 rings (SSSR count). The molecule has 0 aliphatic carbocycles. The van der Waals surface area contributed by atoms with Gasteiger partial charge in [0, 0.05) is 23.9 Å². The summed E-state index contributed by atoms with van der Waals surface area (Å²) in [6, 6.07) is 0. The standard InChI is InChI=1S/4C11H22O2S.2CH3.S.2Sn/c4*1-2-3-4-5-6-7-10(8-9-14)11(12)13;;;;;/h4*10,14H,2-9H2,1H3,(H,12,13);2*1H3;;;/q;;;;;;-2;2*+3/p-4. The molecule has 360 valence electrons. The molecule has 0 N–H and O–H groups in total. The molecule has 0 aliphatic rings. The Hall–Kier alpha value is 1.23. The predicted molar refractivity (Wildman–Crippen MR) is 272 cm³/mol. The van der Waals surface area contributed by atoms with Gasteiger partial charge in [-0.2, -0.15) is 50.5 Å². The van der Waals surface area contributed by atoms with Gasteiger partial charge in [-0.15, -0.1) is 0 Å². The number of carboxylic acid groups (broad SMARTS) is 4. The zero-order valence-electron chi connectivity index (χ0n) is 39.4. The Morgan fingerprint density at radius 2 is 0.475 bits per heavy atom. The van der Waals surface area contributed by atoms with Crippen molar-refractivity contribution in [3.8, 4) is 0 Å². The monoisotopic (exact) mass is 1170 g/mol. The van der Waals surface area contributed by atoms with Gasteiger partial charge in [-0.25, -0.2) is 0 Å². The summed E-state index contributed by atoms with van der Waals surface area (Å²) in [7, 11) is 0. The Balaban J connectivity index is -0.000000123. The molecule has 0 bridgehead atoms. The fourth-order valence-corrected chi connectivity index (χ4v) is 7.37. The van der Waals surface area contributed by atoms with Gasteiger partial charge < -0.3 is 53.1 Å². The molecule has 4 unspecified atom stereocenters. The largest absolute Gasteiger partial charge is 2.00 e. The molecule has 15 heteroatoms. The summed E-state index contributed by atoms with van der Waals surface area (Å²) < 4.78 is 0. The van der Waals surface area contributed by atoms with Gasteiger partial charge in [0.2, 0.25) is 0 Å². The molecule has 0 spiro atoms. The van der Waals surface area contributed by atoms with E-state index in [2.05, 4.69) is 88.1 Å². The van der Waals surface area contributed by atoms with E-state index < -0.39 is 23.9 Å². The number of aliphatic carboxylic acids is 4. The van der Waals surface area contributed by atoms with Crippen LogP contribution in [0, 0.1) is 23.7 Å². The summed E-state index contributed by atoms with van der Waals surface area (Å²) in [4.78, 5) is 46.8. The maximum Gasteiger partial charge on any atom is -2.00 e. The van der Waals surface area contributed by atoms with Crippen LogP contribution in [0.3, 0.4) is 0 Å². The zero-order valence-corrected chi connectivity index (χ0v) is 49.5. The zero-order chi connectivity index (χ0) is 47.2. The molecule has 0 aromatic heterocycles. The molecule has 61 heavy (non-hydrogen) atoms. The molecular formula is C46H90O8S5Sn2. The fraction of sp³-hybridized carbons (Fsp3) is 0.913. The van der Waals surface area contributed by atoms with E-state index in [-0.39, 0.29) is 37.2 Å².